The summed E-state index contributed by atoms with van der Waals surface area (Å²) in [6.07, 6.45) is -3.91. The standard InChI is InChI=1S/C27H21F5N4O4/c1-25(24(33)38)12-40-22-17(25)9-20(36-21(22)13-2-4-15(28)5-3-13)26(39,27(30,31)32)11-35-23(37)16-8-14-6-7-34-19(14)10-18(16)29/h2-10,34,39H,11-12H2,1H3,(H2,33,38)(H,35,37)/t25-,26?/m0/s1. The van der Waals surface area contributed by atoms with Crippen LogP contribution >= 0.6 is 0 Å². The molecule has 13 heteroatoms. The van der Waals surface area contributed by atoms with Crippen molar-refractivity contribution in [3.05, 3.63) is 83.2 Å². The molecule has 1 aliphatic rings. The number of halogens is 5. The number of nitrogens with zero attached hydrogens (tertiary/aromatic N) is 1. The molecular formula is C27H21F5N4O4. The molecule has 5 N–H and O–H groups in total. The van der Waals surface area contributed by atoms with Gasteiger partial charge in [-0.25, -0.2) is 13.8 Å². The number of nitrogens with two attached hydrogens (primary N) is 1. The number of hydrogen-bond donors (Lipinski definition) is 4. The Hall–Kier alpha value is -4.52. The number of alkyl halides is 3. The molecule has 0 aliphatic carbocycles. The minimum absolute atomic E-state index is 0.0629. The first-order chi connectivity index (χ1) is 18.7. The van der Waals surface area contributed by atoms with E-state index in [-0.39, 0.29) is 29.2 Å². The van der Waals surface area contributed by atoms with Gasteiger partial charge in [0.25, 0.3) is 5.91 Å². The van der Waals surface area contributed by atoms with Crippen molar-refractivity contribution in [1.82, 2.24) is 15.3 Å². The first-order valence-corrected chi connectivity index (χ1v) is 11.8. The van der Waals surface area contributed by atoms with E-state index in [0.29, 0.717) is 10.9 Å². The molecule has 2 atom stereocenters. The highest BCUT2D eigenvalue weighted by molar-refractivity contribution is 5.98. The van der Waals surface area contributed by atoms with E-state index >= 15 is 0 Å². The maximum atomic E-state index is 14.5. The Morgan fingerprint density at radius 1 is 1.15 bits per heavy atom. The Kier molecular flexibility index (Phi) is 6.29. The van der Waals surface area contributed by atoms with Gasteiger partial charge in [0.15, 0.2) is 0 Å². The molecule has 0 saturated heterocycles. The molecule has 0 saturated carbocycles. The van der Waals surface area contributed by atoms with E-state index in [1.807, 2.05) is 5.32 Å². The van der Waals surface area contributed by atoms with Crippen LogP contribution in [-0.2, 0) is 15.8 Å². The van der Waals surface area contributed by atoms with Crippen molar-refractivity contribution in [3.8, 4) is 17.0 Å². The summed E-state index contributed by atoms with van der Waals surface area (Å²) in [4.78, 5) is 31.8. The molecule has 0 bridgehead atoms. The number of ether oxygens (including phenoxy) is 1. The van der Waals surface area contributed by atoms with Gasteiger partial charge in [0, 0.05) is 28.2 Å². The number of rotatable bonds is 6. The molecule has 0 radical (unpaired) electrons. The first kappa shape index (κ1) is 27.1. The van der Waals surface area contributed by atoms with Gasteiger partial charge >= 0.3 is 6.18 Å². The summed E-state index contributed by atoms with van der Waals surface area (Å²) in [5.41, 5.74) is -1.18. The molecule has 5 rings (SSSR count). The number of pyridine rings is 1. The highest BCUT2D eigenvalue weighted by Gasteiger charge is 2.57. The molecule has 8 nitrogen and oxygen atoms in total. The molecular weight excluding hydrogens is 539 g/mol. The van der Waals surface area contributed by atoms with Gasteiger partial charge in [0.1, 0.15) is 35.1 Å². The summed E-state index contributed by atoms with van der Waals surface area (Å²) >= 11 is 0. The van der Waals surface area contributed by atoms with Crippen molar-refractivity contribution in [2.75, 3.05) is 13.2 Å². The molecule has 1 unspecified atom stereocenters. The molecule has 0 spiro atoms. The molecule has 40 heavy (non-hydrogen) atoms. The van der Waals surface area contributed by atoms with Gasteiger partial charge < -0.3 is 25.9 Å². The average molecular weight is 560 g/mol. The quantitative estimate of drug-likeness (QED) is 0.267. The third-order valence-corrected chi connectivity index (χ3v) is 7.02. The monoisotopic (exact) mass is 560 g/mol. The van der Waals surface area contributed by atoms with Gasteiger partial charge in [-0.1, -0.05) is 0 Å². The lowest BCUT2D eigenvalue weighted by Gasteiger charge is -2.31. The van der Waals surface area contributed by atoms with Crippen molar-refractivity contribution in [2.45, 2.75) is 24.1 Å². The van der Waals surface area contributed by atoms with Crippen molar-refractivity contribution < 1.29 is 41.4 Å². The van der Waals surface area contributed by atoms with E-state index < -0.39 is 58.4 Å². The lowest BCUT2D eigenvalue weighted by atomic mass is 9.81. The number of fused-ring (bicyclic) bond motifs is 2. The first-order valence-electron chi connectivity index (χ1n) is 11.8. The largest absolute Gasteiger partial charge is 0.489 e. The third kappa shape index (κ3) is 4.31. The second-order valence-electron chi connectivity index (χ2n) is 9.66. The van der Waals surface area contributed by atoms with E-state index in [0.717, 1.165) is 30.3 Å². The zero-order valence-electron chi connectivity index (χ0n) is 20.7. The maximum Gasteiger partial charge on any atom is 0.424 e. The van der Waals surface area contributed by atoms with Crippen LogP contribution in [0.2, 0.25) is 0 Å². The summed E-state index contributed by atoms with van der Waals surface area (Å²) in [7, 11) is 0. The maximum absolute atomic E-state index is 14.5. The number of aromatic amines is 1. The minimum Gasteiger partial charge on any atom is -0.489 e. The van der Waals surface area contributed by atoms with Crippen molar-refractivity contribution >= 4 is 22.7 Å². The second kappa shape index (κ2) is 9.30. The van der Waals surface area contributed by atoms with Crippen LogP contribution < -0.4 is 15.8 Å². The number of primary amides is 1. The number of aliphatic hydroxyl groups is 1. The lowest BCUT2D eigenvalue weighted by molar-refractivity contribution is -0.265. The third-order valence-electron chi connectivity index (χ3n) is 7.02. The molecule has 0 fully saturated rings. The number of benzene rings is 2. The molecule has 2 aromatic heterocycles. The van der Waals surface area contributed by atoms with Crippen LogP contribution in [0.4, 0.5) is 22.0 Å². The highest BCUT2D eigenvalue weighted by Crippen LogP contribution is 2.47. The van der Waals surface area contributed by atoms with Gasteiger partial charge in [-0.2, -0.15) is 13.2 Å². The Balaban J connectivity index is 1.60. The normalized spacial score (nSPS) is 18.2. The number of carbonyl (C=O) groups excluding carboxylic acids is 2. The molecule has 208 valence electrons. The molecule has 4 aromatic rings. The van der Waals surface area contributed by atoms with Crippen LogP contribution in [-0.4, -0.2) is 46.2 Å². The van der Waals surface area contributed by atoms with Gasteiger partial charge in [-0.05, 0) is 55.5 Å². The van der Waals surface area contributed by atoms with Gasteiger partial charge in [0.05, 0.1) is 17.8 Å². The van der Waals surface area contributed by atoms with Crippen LogP contribution in [0.1, 0.15) is 28.5 Å². The van der Waals surface area contributed by atoms with Crippen LogP contribution in [0.5, 0.6) is 5.75 Å². The summed E-state index contributed by atoms with van der Waals surface area (Å²) in [6, 6.07) is 9.11. The molecule has 3 heterocycles. The smallest absolute Gasteiger partial charge is 0.424 e. The number of carbonyl (C=O) groups is 2. The fraction of sp³-hybridized carbons (Fsp3) is 0.222. The van der Waals surface area contributed by atoms with Crippen molar-refractivity contribution in [1.29, 1.82) is 0 Å². The number of amides is 2. The van der Waals surface area contributed by atoms with Crippen LogP contribution in [0.3, 0.4) is 0 Å². The predicted octanol–water partition coefficient (Wildman–Crippen LogP) is 3.82. The van der Waals surface area contributed by atoms with Gasteiger partial charge in [-0.3, -0.25) is 9.59 Å². The van der Waals surface area contributed by atoms with Crippen LogP contribution in [0, 0.1) is 11.6 Å². The van der Waals surface area contributed by atoms with E-state index in [4.69, 9.17) is 10.5 Å². The number of aromatic nitrogens is 2. The molecule has 1 aliphatic heterocycles. The topological polar surface area (TPSA) is 130 Å². The highest BCUT2D eigenvalue weighted by atomic mass is 19.4. The fourth-order valence-corrected chi connectivity index (χ4v) is 4.49. The average Bonchev–Trinajstić information content (AvgIpc) is 3.50. The zero-order chi connectivity index (χ0) is 29.0. The Bertz CT molecular complexity index is 1650. The summed E-state index contributed by atoms with van der Waals surface area (Å²) in [6.45, 7) is -0.421. The fourth-order valence-electron chi connectivity index (χ4n) is 4.49. The van der Waals surface area contributed by atoms with E-state index in [9.17, 15) is 36.6 Å². The lowest BCUT2D eigenvalue weighted by Crippen LogP contribution is -2.52. The molecule has 2 amide bonds. The Labute approximate surface area is 223 Å². The van der Waals surface area contributed by atoms with Crippen molar-refractivity contribution in [3.63, 3.8) is 0 Å². The van der Waals surface area contributed by atoms with E-state index in [1.165, 1.54) is 25.3 Å². The van der Waals surface area contributed by atoms with Gasteiger partial charge in [0.2, 0.25) is 11.5 Å². The predicted molar refractivity (Wildman–Crippen MR) is 132 cm³/mol. The van der Waals surface area contributed by atoms with Gasteiger partial charge in [-0.15, -0.1) is 0 Å². The summed E-state index contributed by atoms with van der Waals surface area (Å²) < 4.78 is 77.2. The molecule has 2 aromatic carbocycles. The number of H-pyrrole nitrogens is 1. The zero-order valence-corrected chi connectivity index (χ0v) is 20.7. The number of nitrogens with one attached hydrogen (secondary N) is 2. The van der Waals surface area contributed by atoms with E-state index in [1.54, 1.807) is 6.07 Å². The Morgan fingerprint density at radius 2 is 1.85 bits per heavy atom. The SMILES string of the molecule is C[C@]1(C(N)=O)COc2c1cc(C(O)(CNC(=O)c1cc3cc[nH]c3cc1F)C(F)(F)F)nc2-c1ccc(F)cc1. The minimum atomic E-state index is -5.41. The Morgan fingerprint density at radius 3 is 2.50 bits per heavy atom. The van der Waals surface area contributed by atoms with Crippen LogP contribution in [0.25, 0.3) is 22.2 Å². The van der Waals surface area contributed by atoms with Crippen molar-refractivity contribution in [2.24, 2.45) is 5.73 Å². The van der Waals surface area contributed by atoms with Crippen LogP contribution in [0.15, 0.2) is 54.7 Å². The summed E-state index contributed by atoms with van der Waals surface area (Å²) in [5, 5.41) is 13.4. The second-order valence-corrected chi connectivity index (χ2v) is 9.66. The van der Waals surface area contributed by atoms with E-state index in [2.05, 4.69) is 9.97 Å². The summed E-state index contributed by atoms with van der Waals surface area (Å²) in [5.74, 6) is -3.81. The number of hydrogen-bond acceptors (Lipinski definition) is 5.